The van der Waals surface area contributed by atoms with Gasteiger partial charge in [0.25, 0.3) is 0 Å². The second kappa shape index (κ2) is 2.33. The summed E-state index contributed by atoms with van der Waals surface area (Å²) in [6.07, 6.45) is 0.0376. The van der Waals surface area contributed by atoms with E-state index in [2.05, 4.69) is 5.32 Å². The summed E-state index contributed by atoms with van der Waals surface area (Å²) in [6.45, 7) is 0.675. The molecule has 0 aromatic carbocycles. The van der Waals surface area contributed by atoms with Gasteiger partial charge >= 0.3 is 0 Å². The number of rotatable bonds is 1. The maximum Gasteiger partial charge on any atom is 0.237 e. The molecule has 1 amide bonds. The number of hydrogen-bond donors (Lipinski definition) is 3. The first kappa shape index (κ1) is 6.51. The molecule has 9 heavy (non-hydrogen) atoms. The number of carbonyl (C=O) groups is 1. The van der Waals surface area contributed by atoms with Crippen LogP contribution in [0.25, 0.3) is 0 Å². The Bertz CT molecular complexity index is 126. The van der Waals surface area contributed by atoms with E-state index in [-0.39, 0.29) is 0 Å². The molecular weight excluding hydrogens is 120 g/mol. The van der Waals surface area contributed by atoms with Crippen LogP contribution in [0, 0.1) is 0 Å². The molecule has 52 valence electrons. The topological polar surface area (TPSA) is 75.4 Å². The van der Waals surface area contributed by atoms with Crippen LogP contribution in [-0.4, -0.2) is 29.7 Å². The molecule has 0 aromatic heterocycles. The van der Waals surface area contributed by atoms with Crippen molar-refractivity contribution in [2.75, 3.05) is 6.54 Å². The average molecular weight is 130 g/mol. The minimum absolute atomic E-state index is 0.472. The van der Waals surface area contributed by atoms with E-state index in [1.54, 1.807) is 0 Å². The molecule has 0 aromatic rings. The number of amides is 1. The third-order valence-corrected chi connectivity index (χ3v) is 1.50. The van der Waals surface area contributed by atoms with Crippen LogP contribution in [0.4, 0.5) is 0 Å². The van der Waals surface area contributed by atoms with Crippen LogP contribution in [0.5, 0.6) is 0 Å². The van der Waals surface area contributed by atoms with Crippen molar-refractivity contribution in [3.8, 4) is 0 Å². The second-order valence-electron chi connectivity index (χ2n) is 2.19. The van der Waals surface area contributed by atoms with Gasteiger partial charge in [-0.2, -0.15) is 0 Å². The molecule has 1 heterocycles. The van der Waals surface area contributed by atoms with Crippen LogP contribution in [0.1, 0.15) is 6.42 Å². The van der Waals surface area contributed by atoms with Crippen molar-refractivity contribution in [2.45, 2.75) is 18.6 Å². The molecule has 0 spiro atoms. The van der Waals surface area contributed by atoms with Gasteiger partial charge in [0, 0.05) is 0 Å². The van der Waals surface area contributed by atoms with Gasteiger partial charge in [0.15, 0.2) is 0 Å². The SMILES string of the molecule is NC(=O)C1NCC[C@@H]1O. The molecule has 1 aliphatic rings. The fourth-order valence-electron chi connectivity index (χ4n) is 0.980. The predicted octanol–water partition coefficient (Wildman–Crippen LogP) is -1.81. The van der Waals surface area contributed by atoms with Crippen molar-refractivity contribution in [1.29, 1.82) is 0 Å². The van der Waals surface area contributed by atoms with E-state index in [9.17, 15) is 4.79 Å². The van der Waals surface area contributed by atoms with Crippen molar-refractivity contribution in [1.82, 2.24) is 5.32 Å². The molecule has 0 aliphatic carbocycles. The quantitative estimate of drug-likeness (QED) is 0.392. The molecule has 0 saturated carbocycles. The lowest BCUT2D eigenvalue weighted by molar-refractivity contribution is -0.121. The lowest BCUT2D eigenvalue weighted by Crippen LogP contribution is -2.42. The average Bonchev–Trinajstić information content (AvgIpc) is 2.13. The van der Waals surface area contributed by atoms with Gasteiger partial charge < -0.3 is 16.2 Å². The van der Waals surface area contributed by atoms with Crippen LogP contribution in [-0.2, 0) is 4.79 Å². The molecule has 0 radical (unpaired) electrons. The third-order valence-electron chi connectivity index (χ3n) is 1.50. The first-order valence-corrected chi connectivity index (χ1v) is 2.92. The van der Waals surface area contributed by atoms with Crippen molar-refractivity contribution in [2.24, 2.45) is 5.73 Å². The largest absolute Gasteiger partial charge is 0.391 e. The van der Waals surface area contributed by atoms with Crippen molar-refractivity contribution >= 4 is 5.91 Å². The van der Waals surface area contributed by atoms with Gasteiger partial charge in [0.1, 0.15) is 6.04 Å². The summed E-state index contributed by atoms with van der Waals surface area (Å²) < 4.78 is 0. The molecule has 1 rings (SSSR count). The van der Waals surface area contributed by atoms with Gasteiger partial charge in [0.05, 0.1) is 6.10 Å². The zero-order valence-corrected chi connectivity index (χ0v) is 5.00. The molecule has 4 nitrogen and oxygen atoms in total. The Morgan fingerprint density at radius 1 is 1.78 bits per heavy atom. The van der Waals surface area contributed by atoms with E-state index in [4.69, 9.17) is 10.8 Å². The van der Waals surface area contributed by atoms with Crippen LogP contribution in [0.2, 0.25) is 0 Å². The fraction of sp³-hybridized carbons (Fsp3) is 0.800. The van der Waals surface area contributed by atoms with E-state index < -0.39 is 18.1 Å². The molecule has 1 aliphatic heterocycles. The van der Waals surface area contributed by atoms with E-state index in [1.165, 1.54) is 0 Å². The summed E-state index contributed by atoms with van der Waals surface area (Å²) in [5, 5.41) is 11.8. The number of aliphatic hydroxyl groups excluding tert-OH is 1. The van der Waals surface area contributed by atoms with Crippen LogP contribution in [0.3, 0.4) is 0 Å². The predicted molar refractivity (Wildman–Crippen MR) is 31.6 cm³/mol. The van der Waals surface area contributed by atoms with E-state index in [0.717, 1.165) is 0 Å². The Morgan fingerprint density at radius 2 is 2.44 bits per heavy atom. The lowest BCUT2D eigenvalue weighted by Gasteiger charge is -2.08. The first-order chi connectivity index (χ1) is 4.22. The Labute approximate surface area is 53.0 Å². The highest BCUT2D eigenvalue weighted by Gasteiger charge is 2.28. The van der Waals surface area contributed by atoms with Crippen molar-refractivity contribution in [3.63, 3.8) is 0 Å². The van der Waals surface area contributed by atoms with Gasteiger partial charge in [-0.3, -0.25) is 4.79 Å². The number of aliphatic hydroxyl groups is 1. The second-order valence-corrected chi connectivity index (χ2v) is 2.19. The maximum absolute atomic E-state index is 10.4. The summed E-state index contributed by atoms with van der Waals surface area (Å²) in [6, 6.07) is -0.523. The Kier molecular flexibility index (Phi) is 1.68. The Hall–Kier alpha value is -0.610. The standard InChI is InChI=1S/C5H10N2O2/c6-5(9)4-3(8)1-2-7-4/h3-4,7-8H,1-2H2,(H2,6,9)/t3-,4?/m0/s1. The van der Waals surface area contributed by atoms with Gasteiger partial charge in [0.2, 0.25) is 5.91 Å². The van der Waals surface area contributed by atoms with E-state index in [1.807, 2.05) is 0 Å². The van der Waals surface area contributed by atoms with Gasteiger partial charge in [-0.05, 0) is 13.0 Å². The third kappa shape index (κ3) is 1.20. The lowest BCUT2D eigenvalue weighted by atomic mass is 10.2. The van der Waals surface area contributed by atoms with Gasteiger partial charge in [-0.15, -0.1) is 0 Å². The fourth-order valence-corrected chi connectivity index (χ4v) is 0.980. The van der Waals surface area contributed by atoms with Crippen LogP contribution in [0.15, 0.2) is 0 Å². The molecule has 1 saturated heterocycles. The zero-order chi connectivity index (χ0) is 6.85. The number of primary amides is 1. The molecular formula is C5H10N2O2. The van der Waals surface area contributed by atoms with Crippen molar-refractivity contribution in [3.05, 3.63) is 0 Å². The summed E-state index contributed by atoms with van der Waals surface area (Å²) >= 11 is 0. The molecule has 0 bridgehead atoms. The monoisotopic (exact) mass is 130 g/mol. The summed E-state index contributed by atoms with van der Waals surface area (Å²) in [4.78, 5) is 10.4. The zero-order valence-electron chi connectivity index (χ0n) is 5.00. The molecule has 4 N–H and O–H groups in total. The van der Waals surface area contributed by atoms with Crippen LogP contribution >= 0.6 is 0 Å². The number of hydrogen-bond acceptors (Lipinski definition) is 3. The number of nitrogens with one attached hydrogen (secondary N) is 1. The van der Waals surface area contributed by atoms with Crippen molar-refractivity contribution < 1.29 is 9.90 Å². The molecule has 1 unspecified atom stereocenters. The smallest absolute Gasteiger partial charge is 0.237 e. The van der Waals surface area contributed by atoms with E-state index >= 15 is 0 Å². The maximum atomic E-state index is 10.4. The molecule has 2 atom stereocenters. The number of carbonyl (C=O) groups excluding carboxylic acids is 1. The summed E-state index contributed by atoms with van der Waals surface area (Å²) in [5.41, 5.74) is 4.93. The first-order valence-electron chi connectivity index (χ1n) is 2.92. The van der Waals surface area contributed by atoms with Crippen LogP contribution < -0.4 is 11.1 Å². The minimum Gasteiger partial charge on any atom is -0.391 e. The molecule has 4 heteroatoms. The van der Waals surface area contributed by atoms with Gasteiger partial charge in [-0.1, -0.05) is 0 Å². The summed E-state index contributed by atoms with van der Waals surface area (Å²) in [7, 11) is 0. The normalized spacial score (nSPS) is 34.8. The molecule has 1 fully saturated rings. The van der Waals surface area contributed by atoms with Gasteiger partial charge in [-0.25, -0.2) is 0 Å². The highest BCUT2D eigenvalue weighted by molar-refractivity contribution is 5.80. The number of nitrogens with two attached hydrogens (primary N) is 1. The summed E-state index contributed by atoms with van der Waals surface area (Å²) in [5.74, 6) is -0.472. The van der Waals surface area contributed by atoms with E-state index in [0.29, 0.717) is 13.0 Å². The minimum atomic E-state index is -0.581. The Balaban J connectivity index is 2.49. The Morgan fingerprint density at radius 3 is 2.67 bits per heavy atom. The highest BCUT2D eigenvalue weighted by Crippen LogP contribution is 2.04. The highest BCUT2D eigenvalue weighted by atomic mass is 16.3.